The zero-order chi connectivity index (χ0) is 5.91. The zero-order valence-electron chi connectivity index (χ0n) is 5.29. The van der Waals surface area contributed by atoms with Crippen molar-refractivity contribution in [3.05, 3.63) is 0 Å². The molecule has 0 aliphatic rings. The van der Waals surface area contributed by atoms with E-state index >= 15 is 0 Å². The second-order valence-electron chi connectivity index (χ2n) is 0.884. The quantitative estimate of drug-likeness (QED) is 0.514. The van der Waals surface area contributed by atoms with Gasteiger partial charge in [0, 0.05) is 8.02 Å². The van der Waals surface area contributed by atoms with E-state index in [-0.39, 0.29) is 0 Å². The van der Waals surface area contributed by atoms with Crippen LogP contribution in [0, 0.1) is 0 Å². The molecule has 0 aliphatic carbocycles. The number of halogens is 1. The van der Waals surface area contributed by atoms with Gasteiger partial charge >= 0.3 is 0 Å². The summed E-state index contributed by atoms with van der Waals surface area (Å²) < 4.78 is 13.8. The van der Waals surface area contributed by atoms with Crippen molar-refractivity contribution in [1.82, 2.24) is 0 Å². The van der Waals surface area contributed by atoms with Crippen LogP contribution in [0.25, 0.3) is 0 Å². The van der Waals surface area contributed by atoms with Gasteiger partial charge < -0.3 is 0 Å². The summed E-state index contributed by atoms with van der Waals surface area (Å²) in [6.45, 7) is 1.96. The van der Waals surface area contributed by atoms with Crippen LogP contribution in [0.1, 0.15) is 22.5 Å². The fourth-order valence-corrected chi connectivity index (χ4v) is 0.491. The zero-order valence-corrected chi connectivity index (χ0v) is 4.88. The second-order valence-corrected chi connectivity index (χ2v) is 1.44. The van der Waals surface area contributed by atoms with E-state index in [1.165, 1.54) is 0 Å². The molecule has 0 saturated carbocycles. The van der Waals surface area contributed by atoms with Crippen molar-refractivity contribution in [2.24, 2.45) is 0 Å². The molecule has 32 valence electrons. The van der Waals surface area contributed by atoms with Crippen LogP contribution in [-0.4, -0.2) is 5.28 Å². The van der Waals surface area contributed by atoms with E-state index in [0.29, 0.717) is 6.42 Å². The number of rotatable bonds is 2. The Morgan fingerprint density at radius 1 is 2.00 bits per heavy atom. The maximum atomic E-state index is 6.92. The van der Waals surface area contributed by atoms with Crippen LogP contribution in [0.2, 0.25) is 0 Å². The Bertz CT molecular complexity index is 48.1. The molecule has 0 nitrogen and oxygen atoms in total. The molecule has 0 spiro atoms. The van der Waals surface area contributed by atoms with Gasteiger partial charge in [0.25, 0.3) is 0 Å². The summed E-state index contributed by atoms with van der Waals surface area (Å²) in [7, 11) is 0. The first-order valence-electron chi connectivity index (χ1n) is 2.75. The summed E-state index contributed by atoms with van der Waals surface area (Å²) in [5, 5.41) is -1.14. The molecule has 5 heavy (non-hydrogen) atoms. The molecule has 0 aromatic rings. The molecule has 0 aromatic carbocycles. The summed E-state index contributed by atoms with van der Waals surface area (Å²) >= 11 is 2.87. The van der Waals surface area contributed by atoms with Gasteiger partial charge in [0.05, 0.1) is 0 Å². The first-order chi connectivity index (χ1) is 3.06. The van der Waals surface area contributed by atoms with Gasteiger partial charge in [0.15, 0.2) is 0 Å². The Balaban J connectivity index is 3.15. The van der Waals surface area contributed by atoms with Gasteiger partial charge in [0.2, 0.25) is 0 Å². The molecule has 1 heteroatoms. The van der Waals surface area contributed by atoms with E-state index in [9.17, 15) is 0 Å². The summed E-state index contributed by atoms with van der Waals surface area (Å²) in [5.74, 6) is 0. The lowest BCUT2D eigenvalue weighted by molar-refractivity contribution is 0.902. The van der Waals surface area contributed by atoms with E-state index in [2.05, 4.69) is 15.9 Å². The van der Waals surface area contributed by atoms with Gasteiger partial charge in [-0.05, 0) is 6.42 Å². The SMILES string of the molecule is [2H]C([2H])(Br)CCC. The fraction of sp³-hybridized carbons (Fsp3) is 1.00. The van der Waals surface area contributed by atoms with Crippen LogP contribution in [0.5, 0.6) is 0 Å². The van der Waals surface area contributed by atoms with Gasteiger partial charge in [-0.2, -0.15) is 0 Å². The minimum absolute atomic E-state index is 0.590. The molecule has 0 saturated heterocycles. The molecule has 0 atom stereocenters. The first kappa shape index (κ1) is 2.62. The van der Waals surface area contributed by atoms with Crippen molar-refractivity contribution >= 4 is 15.9 Å². The van der Waals surface area contributed by atoms with Gasteiger partial charge in [-0.3, -0.25) is 0 Å². The van der Waals surface area contributed by atoms with Gasteiger partial charge in [-0.15, -0.1) is 0 Å². The Kier molecular flexibility index (Phi) is 2.35. The molecule has 0 amide bonds. The Hall–Kier alpha value is 0.480. The molecule has 0 aliphatic heterocycles. The van der Waals surface area contributed by atoms with E-state index in [1.807, 2.05) is 6.92 Å². The molecule has 0 aromatic heterocycles. The highest BCUT2D eigenvalue weighted by molar-refractivity contribution is 9.09. The molecule has 0 unspecified atom stereocenters. The van der Waals surface area contributed by atoms with Crippen LogP contribution >= 0.6 is 15.9 Å². The highest BCUT2D eigenvalue weighted by Crippen LogP contribution is 1.89. The number of hydrogen-bond donors (Lipinski definition) is 0. The van der Waals surface area contributed by atoms with Crippen LogP contribution in [0.3, 0.4) is 0 Å². The minimum atomic E-state index is -1.14. The van der Waals surface area contributed by atoms with E-state index in [0.717, 1.165) is 6.42 Å². The standard InChI is InChI=1S/C4H9Br/c1-2-3-4-5/h2-4H2,1H3/i4D2. The van der Waals surface area contributed by atoms with Crippen molar-refractivity contribution in [2.75, 3.05) is 5.28 Å². The second kappa shape index (κ2) is 4.48. The predicted molar refractivity (Wildman–Crippen MR) is 28.7 cm³/mol. The van der Waals surface area contributed by atoms with Gasteiger partial charge in [-0.25, -0.2) is 0 Å². The topological polar surface area (TPSA) is 0 Å². The van der Waals surface area contributed by atoms with Crippen molar-refractivity contribution in [3.8, 4) is 0 Å². The maximum Gasteiger partial charge on any atom is 0.0387 e. The van der Waals surface area contributed by atoms with E-state index in [1.54, 1.807) is 0 Å². The van der Waals surface area contributed by atoms with Crippen LogP contribution in [-0.2, 0) is 0 Å². The lowest BCUT2D eigenvalue weighted by Crippen LogP contribution is -1.64. The minimum Gasteiger partial charge on any atom is -0.0928 e. The lowest BCUT2D eigenvalue weighted by atomic mass is 10.4. The van der Waals surface area contributed by atoms with Crippen LogP contribution < -0.4 is 0 Å². The molecular weight excluding hydrogens is 128 g/mol. The van der Waals surface area contributed by atoms with E-state index in [4.69, 9.17) is 2.74 Å². The average molecular weight is 139 g/mol. The third kappa shape index (κ3) is 4.48. The monoisotopic (exact) mass is 138 g/mol. The smallest absolute Gasteiger partial charge is 0.0387 e. The van der Waals surface area contributed by atoms with Crippen LogP contribution in [0.4, 0.5) is 0 Å². The van der Waals surface area contributed by atoms with Gasteiger partial charge in [-0.1, -0.05) is 29.3 Å². The molecule has 0 rings (SSSR count). The summed E-state index contributed by atoms with van der Waals surface area (Å²) in [4.78, 5) is 0. The summed E-state index contributed by atoms with van der Waals surface area (Å²) in [5.41, 5.74) is 0. The third-order valence-corrected chi connectivity index (χ3v) is 0.741. The maximum absolute atomic E-state index is 6.92. The average Bonchev–Trinajstić information content (AvgIpc) is 1.30. The molecule has 0 bridgehead atoms. The highest BCUT2D eigenvalue weighted by atomic mass is 79.9. The molecule has 0 N–H and O–H groups in total. The molecular formula is C4H9Br. The summed E-state index contributed by atoms with van der Waals surface area (Å²) in [6, 6.07) is 0. The lowest BCUT2D eigenvalue weighted by Gasteiger charge is -1.77. The largest absolute Gasteiger partial charge is 0.0928 e. The number of alkyl halides is 1. The van der Waals surface area contributed by atoms with Crippen molar-refractivity contribution < 1.29 is 2.74 Å². The molecule has 0 radical (unpaired) electrons. The van der Waals surface area contributed by atoms with Crippen LogP contribution in [0.15, 0.2) is 0 Å². The highest BCUT2D eigenvalue weighted by Gasteiger charge is 1.69. The number of hydrogen-bond acceptors (Lipinski definition) is 0. The molecule has 0 fully saturated rings. The van der Waals surface area contributed by atoms with Crippen molar-refractivity contribution in [1.29, 1.82) is 0 Å². The Morgan fingerprint density at radius 3 is 2.60 bits per heavy atom. The molecule has 0 heterocycles. The van der Waals surface area contributed by atoms with E-state index < -0.39 is 5.28 Å². The Morgan fingerprint density at radius 2 is 2.60 bits per heavy atom. The summed E-state index contributed by atoms with van der Waals surface area (Å²) in [6.07, 6.45) is 1.48. The first-order valence-corrected chi connectivity index (χ1v) is 2.54. The predicted octanol–water partition coefficient (Wildman–Crippen LogP) is 2.18. The normalized spacial score (nSPS) is 17.2. The van der Waals surface area contributed by atoms with Crippen molar-refractivity contribution in [3.63, 3.8) is 0 Å². The third-order valence-electron chi connectivity index (χ3n) is 0.344. The fourth-order valence-electron chi connectivity index (χ4n) is 0.0945. The Labute approximate surface area is 44.5 Å². The van der Waals surface area contributed by atoms with Crippen molar-refractivity contribution in [2.45, 2.75) is 19.8 Å². The van der Waals surface area contributed by atoms with Gasteiger partial charge in [0.1, 0.15) is 0 Å².